The predicted octanol–water partition coefficient (Wildman–Crippen LogP) is 3.45. The van der Waals surface area contributed by atoms with Gasteiger partial charge in [-0.05, 0) is 45.1 Å². The first kappa shape index (κ1) is 19.1. The van der Waals surface area contributed by atoms with Crippen LogP contribution in [0.3, 0.4) is 0 Å². The average molecular weight is 379 g/mol. The number of rotatable bonds is 3. The first-order valence-corrected chi connectivity index (χ1v) is 10.5. The average Bonchev–Trinajstić information content (AvgIpc) is 3.04. The van der Waals surface area contributed by atoms with Gasteiger partial charge in [0.2, 0.25) is 0 Å². The van der Waals surface area contributed by atoms with E-state index in [0.29, 0.717) is 23.5 Å². The summed E-state index contributed by atoms with van der Waals surface area (Å²) >= 11 is 0. The van der Waals surface area contributed by atoms with Crippen molar-refractivity contribution in [2.45, 2.75) is 70.5 Å². The summed E-state index contributed by atoms with van der Waals surface area (Å²) in [4.78, 5) is 24.2. The second-order valence-electron chi connectivity index (χ2n) is 8.23. The van der Waals surface area contributed by atoms with Gasteiger partial charge >= 0.3 is 0 Å². The van der Waals surface area contributed by atoms with Crippen molar-refractivity contribution in [2.75, 3.05) is 6.54 Å². The van der Waals surface area contributed by atoms with Crippen LogP contribution in [-0.2, 0) is 6.42 Å². The summed E-state index contributed by atoms with van der Waals surface area (Å²) in [5.74, 6) is 0.807. The molecule has 148 valence electrons. The van der Waals surface area contributed by atoms with Crippen LogP contribution in [0.1, 0.15) is 59.5 Å². The quantitative estimate of drug-likeness (QED) is 0.889. The molecule has 3 heterocycles. The third kappa shape index (κ3) is 4.09. The number of aryl methyl sites for hydroxylation is 2. The molecule has 2 fully saturated rings. The molecule has 5 nitrogen and oxygen atoms in total. The molecule has 2 aliphatic heterocycles. The SMILES string of the molecule is Cc1ncc(C(=O)N2CCCCC[C@H]3N[C@H](Cc4ccccc4)C[C@@H]32)c(C)n1. The molecule has 3 atom stereocenters. The van der Waals surface area contributed by atoms with Gasteiger partial charge in [-0.25, -0.2) is 9.97 Å². The molecule has 1 amide bonds. The molecule has 0 bridgehead atoms. The second-order valence-corrected chi connectivity index (χ2v) is 8.23. The normalized spacial score (nSPS) is 25.1. The summed E-state index contributed by atoms with van der Waals surface area (Å²) in [6, 6.07) is 11.7. The zero-order valence-corrected chi connectivity index (χ0v) is 16.9. The lowest BCUT2D eigenvalue weighted by Gasteiger charge is -2.35. The van der Waals surface area contributed by atoms with Gasteiger partial charge in [0.25, 0.3) is 5.91 Å². The number of fused-ring (bicyclic) bond motifs is 1. The van der Waals surface area contributed by atoms with Crippen LogP contribution in [0.5, 0.6) is 0 Å². The van der Waals surface area contributed by atoms with E-state index in [1.165, 1.54) is 18.4 Å². The largest absolute Gasteiger partial charge is 0.334 e. The van der Waals surface area contributed by atoms with E-state index in [1.807, 2.05) is 13.8 Å². The molecule has 2 aliphatic rings. The lowest BCUT2D eigenvalue weighted by molar-refractivity contribution is 0.0637. The maximum Gasteiger partial charge on any atom is 0.257 e. The molecule has 2 aromatic rings. The minimum absolute atomic E-state index is 0.0940. The molecular weight excluding hydrogens is 348 g/mol. The minimum Gasteiger partial charge on any atom is -0.334 e. The zero-order chi connectivity index (χ0) is 19.5. The van der Waals surface area contributed by atoms with Crippen LogP contribution >= 0.6 is 0 Å². The van der Waals surface area contributed by atoms with Crippen LogP contribution in [0.2, 0.25) is 0 Å². The van der Waals surface area contributed by atoms with Gasteiger partial charge in [-0.2, -0.15) is 0 Å². The Kier molecular flexibility index (Phi) is 5.72. The Hall–Kier alpha value is -2.27. The highest BCUT2D eigenvalue weighted by molar-refractivity contribution is 5.95. The zero-order valence-electron chi connectivity index (χ0n) is 16.9. The van der Waals surface area contributed by atoms with Crippen LogP contribution in [0.4, 0.5) is 0 Å². The molecule has 1 N–H and O–H groups in total. The number of carbonyl (C=O) groups is 1. The summed E-state index contributed by atoms with van der Waals surface area (Å²) in [7, 11) is 0. The van der Waals surface area contributed by atoms with Gasteiger partial charge in [0.1, 0.15) is 5.82 Å². The fraction of sp³-hybridized carbons (Fsp3) is 0.522. The number of likely N-dealkylation sites (tertiary alicyclic amines) is 1. The Bertz CT molecular complexity index is 823. The number of aromatic nitrogens is 2. The maximum absolute atomic E-state index is 13.4. The van der Waals surface area contributed by atoms with E-state index in [2.05, 4.69) is 50.5 Å². The summed E-state index contributed by atoms with van der Waals surface area (Å²) < 4.78 is 0. The topological polar surface area (TPSA) is 58.1 Å². The summed E-state index contributed by atoms with van der Waals surface area (Å²) in [6.45, 7) is 4.60. The van der Waals surface area contributed by atoms with Crippen LogP contribution in [0.25, 0.3) is 0 Å². The van der Waals surface area contributed by atoms with E-state index in [-0.39, 0.29) is 11.9 Å². The van der Waals surface area contributed by atoms with Gasteiger partial charge in [0.05, 0.1) is 11.3 Å². The van der Waals surface area contributed by atoms with Gasteiger partial charge in [-0.1, -0.05) is 43.2 Å². The predicted molar refractivity (Wildman–Crippen MR) is 110 cm³/mol. The minimum atomic E-state index is 0.0940. The number of hydrogen-bond acceptors (Lipinski definition) is 4. The monoisotopic (exact) mass is 378 g/mol. The standard InChI is InChI=1S/C23H30N4O/c1-16-20(15-24-17(2)25-16)23(28)27-12-8-4-7-11-21-22(27)14-19(26-21)13-18-9-5-3-6-10-18/h3,5-6,9-10,15,19,21-22,26H,4,7-8,11-14H2,1-2H3/t19-,21-,22+/m1/s1. The van der Waals surface area contributed by atoms with Crippen molar-refractivity contribution in [3.8, 4) is 0 Å². The number of nitrogens with one attached hydrogen (secondary N) is 1. The van der Waals surface area contributed by atoms with Crippen LogP contribution in [0.15, 0.2) is 36.5 Å². The van der Waals surface area contributed by atoms with E-state index >= 15 is 0 Å². The van der Waals surface area contributed by atoms with Crippen LogP contribution in [0, 0.1) is 13.8 Å². The summed E-state index contributed by atoms with van der Waals surface area (Å²) in [5, 5.41) is 3.84. The van der Waals surface area contributed by atoms with Crippen molar-refractivity contribution >= 4 is 5.91 Å². The Morgan fingerprint density at radius 3 is 2.79 bits per heavy atom. The van der Waals surface area contributed by atoms with Gasteiger partial charge in [0, 0.05) is 30.9 Å². The molecule has 0 radical (unpaired) electrons. The highest BCUT2D eigenvalue weighted by Crippen LogP contribution is 2.29. The smallest absolute Gasteiger partial charge is 0.257 e. The van der Waals surface area contributed by atoms with Crippen molar-refractivity contribution in [1.82, 2.24) is 20.2 Å². The van der Waals surface area contributed by atoms with Crippen molar-refractivity contribution in [3.05, 3.63) is 59.2 Å². The fourth-order valence-corrected chi connectivity index (χ4v) is 4.79. The number of hydrogen-bond donors (Lipinski definition) is 1. The molecule has 1 aromatic carbocycles. The third-order valence-electron chi connectivity index (χ3n) is 6.17. The number of amides is 1. The van der Waals surface area contributed by atoms with Crippen molar-refractivity contribution in [3.63, 3.8) is 0 Å². The lowest BCUT2D eigenvalue weighted by atomic mass is 9.95. The Morgan fingerprint density at radius 1 is 1.18 bits per heavy atom. The van der Waals surface area contributed by atoms with E-state index < -0.39 is 0 Å². The maximum atomic E-state index is 13.4. The Balaban J connectivity index is 1.55. The molecular formula is C23H30N4O. The van der Waals surface area contributed by atoms with E-state index in [0.717, 1.165) is 37.9 Å². The Morgan fingerprint density at radius 2 is 2.00 bits per heavy atom. The van der Waals surface area contributed by atoms with Gasteiger partial charge < -0.3 is 10.2 Å². The van der Waals surface area contributed by atoms with E-state index in [4.69, 9.17) is 0 Å². The molecule has 0 unspecified atom stereocenters. The van der Waals surface area contributed by atoms with Gasteiger partial charge in [-0.15, -0.1) is 0 Å². The highest BCUT2D eigenvalue weighted by Gasteiger charge is 2.40. The molecule has 4 rings (SSSR count). The van der Waals surface area contributed by atoms with E-state index in [1.54, 1.807) is 6.20 Å². The molecule has 2 saturated heterocycles. The Labute approximate surface area is 167 Å². The highest BCUT2D eigenvalue weighted by atomic mass is 16.2. The molecule has 0 aliphatic carbocycles. The van der Waals surface area contributed by atoms with E-state index in [9.17, 15) is 4.79 Å². The number of nitrogens with zero attached hydrogens (tertiary/aromatic N) is 3. The molecule has 5 heteroatoms. The van der Waals surface area contributed by atoms with Crippen molar-refractivity contribution in [1.29, 1.82) is 0 Å². The molecule has 0 saturated carbocycles. The third-order valence-corrected chi connectivity index (χ3v) is 6.17. The molecule has 0 spiro atoms. The molecule has 28 heavy (non-hydrogen) atoms. The first-order chi connectivity index (χ1) is 13.6. The summed E-state index contributed by atoms with van der Waals surface area (Å²) in [5.41, 5.74) is 2.79. The summed E-state index contributed by atoms with van der Waals surface area (Å²) in [6.07, 6.45) is 8.37. The van der Waals surface area contributed by atoms with Crippen LogP contribution in [-0.4, -0.2) is 45.4 Å². The van der Waals surface area contributed by atoms with Gasteiger partial charge in [0.15, 0.2) is 0 Å². The van der Waals surface area contributed by atoms with Crippen molar-refractivity contribution in [2.24, 2.45) is 0 Å². The first-order valence-electron chi connectivity index (χ1n) is 10.5. The second kappa shape index (κ2) is 8.39. The van der Waals surface area contributed by atoms with Crippen molar-refractivity contribution < 1.29 is 4.79 Å². The number of benzene rings is 1. The van der Waals surface area contributed by atoms with Gasteiger partial charge in [-0.3, -0.25) is 4.79 Å². The molecule has 1 aromatic heterocycles. The van der Waals surface area contributed by atoms with Crippen LogP contribution < -0.4 is 5.32 Å². The lowest BCUT2D eigenvalue weighted by Crippen LogP contribution is -2.48. The fourth-order valence-electron chi connectivity index (χ4n) is 4.79. The number of carbonyl (C=O) groups excluding carboxylic acids is 1.